The number of ether oxygens (including phenoxy) is 5. The smallest absolute Gasteiger partial charge is 0.187 e. The molecule has 252 valence electrons. The van der Waals surface area contributed by atoms with Gasteiger partial charge in [-0.25, -0.2) is 4.85 Å². The van der Waals surface area contributed by atoms with E-state index in [9.17, 15) is 0 Å². The molecule has 0 saturated carbocycles. The van der Waals surface area contributed by atoms with Crippen LogP contribution in [0.2, 0.25) is 0 Å². The molecule has 1 aliphatic heterocycles. The second kappa shape index (κ2) is 12.0. The van der Waals surface area contributed by atoms with Gasteiger partial charge in [0.1, 0.15) is 17.2 Å². The Morgan fingerprint density at radius 1 is 0.627 bits per heavy atom. The molecule has 0 aromatic heterocycles. The Labute approximate surface area is 298 Å². The van der Waals surface area contributed by atoms with Crippen LogP contribution in [0.5, 0.6) is 28.7 Å². The standard InChI is InChI=1S/C45H37NO5/c1-44(2)38-24-28(27-8-15-31(46-3)16-9-27)10-21-34(38)41-36-25-39(49-6)40(50-7)26-37(36)43-35(42(41)44)22-23-45(51-43,29-11-17-32(47-4)18-12-29)30-13-19-33(48-5)20-14-30/h8-26H,1-2,4-7H3. The van der Waals surface area contributed by atoms with Crippen molar-refractivity contribution in [1.82, 2.24) is 0 Å². The molecular weight excluding hydrogens is 634 g/mol. The molecule has 51 heavy (non-hydrogen) atoms. The summed E-state index contributed by atoms with van der Waals surface area (Å²) in [5.74, 6) is 3.59. The fraction of sp³-hybridized carbons (Fsp3) is 0.178. The molecule has 0 radical (unpaired) electrons. The highest BCUT2D eigenvalue weighted by Crippen LogP contribution is 2.59. The summed E-state index contributed by atoms with van der Waals surface area (Å²) < 4.78 is 30.3. The summed E-state index contributed by atoms with van der Waals surface area (Å²) in [6, 6.07) is 34.7. The Balaban J connectivity index is 1.40. The molecule has 6 aromatic rings. The van der Waals surface area contributed by atoms with E-state index < -0.39 is 5.60 Å². The molecule has 0 atom stereocenters. The van der Waals surface area contributed by atoms with Crippen LogP contribution in [0.1, 0.15) is 41.7 Å². The van der Waals surface area contributed by atoms with Crippen molar-refractivity contribution in [3.63, 3.8) is 0 Å². The molecule has 0 fully saturated rings. The van der Waals surface area contributed by atoms with Gasteiger partial charge in [0.25, 0.3) is 0 Å². The summed E-state index contributed by atoms with van der Waals surface area (Å²) in [6.07, 6.45) is 4.41. The van der Waals surface area contributed by atoms with Crippen LogP contribution in [0, 0.1) is 6.57 Å². The monoisotopic (exact) mass is 671 g/mol. The highest BCUT2D eigenvalue weighted by molar-refractivity contribution is 6.10. The first kappa shape index (κ1) is 32.0. The lowest BCUT2D eigenvalue weighted by Gasteiger charge is -2.38. The van der Waals surface area contributed by atoms with E-state index in [2.05, 4.69) is 79.4 Å². The molecule has 1 heterocycles. The summed E-state index contributed by atoms with van der Waals surface area (Å²) in [5, 5.41) is 1.95. The van der Waals surface area contributed by atoms with Crippen LogP contribution >= 0.6 is 0 Å². The lowest BCUT2D eigenvalue weighted by molar-refractivity contribution is 0.163. The van der Waals surface area contributed by atoms with Crippen molar-refractivity contribution in [3.8, 4) is 51.0 Å². The zero-order valence-corrected chi connectivity index (χ0v) is 29.5. The van der Waals surface area contributed by atoms with Gasteiger partial charge in [-0.05, 0) is 87.3 Å². The molecule has 0 bridgehead atoms. The predicted molar refractivity (Wildman–Crippen MR) is 203 cm³/mol. The Morgan fingerprint density at radius 2 is 1.20 bits per heavy atom. The predicted octanol–water partition coefficient (Wildman–Crippen LogP) is 10.7. The third-order valence-corrected chi connectivity index (χ3v) is 10.5. The lowest BCUT2D eigenvalue weighted by Crippen LogP contribution is -2.35. The third-order valence-electron chi connectivity index (χ3n) is 10.5. The minimum Gasteiger partial charge on any atom is -0.497 e. The minimum absolute atomic E-state index is 0.378. The van der Waals surface area contributed by atoms with Gasteiger partial charge in [-0.15, -0.1) is 0 Å². The Morgan fingerprint density at radius 3 is 1.75 bits per heavy atom. The maximum Gasteiger partial charge on any atom is 0.187 e. The number of methoxy groups -OCH3 is 4. The molecule has 2 aliphatic rings. The average Bonchev–Trinajstić information content (AvgIpc) is 3.43. The average molecular weight is 672 g/mol. The first-order chi connectivity index (χ1) is 24.8. The van der Waals surface area contributed by atoms with E-state index in [0.717, 1.165) is 61.4 Å². The molecule has 0 N–H and O–H groups in total. The first-order valence-electron chi connectivity index (χ1n) is 16.8. The number of nitrogens with zero attached hydrogens (tertiary/aromatic N) is 1. The molecule has 0 unspecified atom stereocenters. The van der Waals surface area contributed by atoms with Gasteiger partial charge < -0.3 is 23.7 Å². The van der Waals surface area contributed by atoms with Gasteiger partial charge in [-0.1, -0.05) is 80.6 Å². The van der Waals surface area contributed by atoms with Crippen LogP contribution in [-0.4, -0.2) is 28.4 Å². The van der Waals surface area contributed by atoms with Gasteiger partial charge in [0.05, 0.1) is 35.0 Å². The Bertz CT molecular complexity index is 2350. The van der Waals surface area contributed by atoms with Crippen molar-refractivity contribution in [2.24, 2.45) is 0 Å². The van der Waals surface area contributed by atoms with Crippen LogP contribution < -0.4 is 23.7 Å². The molecule has 6 nitrogen and oxygen atoms in total. The summed E-state index contributed by atoms with van der Waals surface area (Å²) in [7, 11) is 6.67. The van der Waals surface area contributed by atoms with Gasteiger partial charge in [0.2, 0.25) is 0 Å². The molecule has 6 aromatic carbocycles. The highest BCUT2D eigenvalue weighted by Gasteiger charge is 2.44. The second-order valence-corrected chi connectivity index (χ2v) is 13.4. The molecule has 6 heteroatoms. The molecule has 0 spiro atoms. The van der Waals surface area contributed by atoms with Gasteiger partial charge in [0.15, 0.2) is 22.8 Å². The quantitative estimate of drug-likeness (QED) is 0.158. The molecule has 8 rings (SSSR count). The van der Waals surface area contributed by atoms with Crippen LogP contribution in [0.25, 0.3) is 43.9 Å². The summed E-state index contributed by atoms with van der Waals surface area (Å²) in [6.45, 7) is 12.0. The van der Waals surface area contributed by atoms with Crippen molar-refractivity contribution >= 4 is 22.5 Å². The SMILES string of the molecule is [C-]#[N+]c1ccc(-c2ccc3c(c2)C(C)(C)c2c4c(c5cc(OC)c(OC)cc5c2-3)OC(c2ccc(OC)cc2)(c2ccc(OC)cc2)C=C4)cc1. The van der Waals surface area contributed by atoms with Gasteiger partial charge in [-0.3, -0.25) is 0 Å². The van der Waals surface area contributed by atoms with Crippen molar-refractivity contribution in [1.29, 1.82) is 0 Å². The van der Waals surface area contributed by atoms with Crippen LogP contribution in [-0.2, 0) is 11.0 Å². The Hall–Kier alpha value is -6.19. The zero-order valence-electron chi connectivity index (χ0n) is 29.5. The largest absolute Gasteiger partial charge is 0.497 e. The second-order valence-electron chi connectivity index (χ2n) is 13.4. The third kappa shape index (κ3) is 4.84. The number of rotatable bonds is 7. The van der Waals surface area contributed by atoms with Crippen molar-refractivity contribution in [2.45, 2.75) is 24.9 Å². The van der Waals surface area contributed by atoms with E-state index in [1.165, 1.54) is 16.7 Å². The normalized spacial score (nSPS) is 14.5. The minimum atomic E-state index is -0.958. The zero-order chi connectivity index (χ0) is 35.5. The fourth-order valence-corrected chi connectivity index (χ4v) is 7.87. The molecule has 0 amide bonds. The Kier molecular flexibility index (Phi) is 7.54. The van der Waals surface area contributed by atoms with Crippen LogP contribution in [0.4, 0.5) is 5.69 Å². The van der Waals surface area contributed by atoms with E-state index in [0.29, 0.717) is 17.2 Å². The molecular formula is C45H37NO5. The fourth-order valence-electron chi connectivity index (χ4n) is 7.87. The molecule has 1 aliphatic carbocycles. The van der Waals surface area contributed by atoms with E-state index in [-0.39, 0.29) is 5.41 Å². The topological polar surface area (TPSA) is 50.5 Å². The van der Waals surface area contributed by atoms with Gasteiger partial charge >= 0.3 is 0 Å². The van der Waals surface area contributed by atoms with Crippen LogP contribution in [0.3, 0.4) is 0 Å². The van der Waals surface area contributed by atoms with E-state index in [1.807, 2.05) is 54.6 Å². The van der Waals surface area contributed by atoms with Gasteiger partial charge in [0, 0.05) is 27.5 Å². The van der Waals surface area contributed by atoms with Gasteiger partial charge in [-0.2, -0.15) is 0 Å². The lowest BCUT2D eigenvalue weighted by atomic mass is 9.76. The maximum absolute atomic E-state index is 7.47. The van der Waals surface area contributed by atoms with E-state index >= 15 is 0 Å². The number of fused-ring (bicyclic) bond motifs is 8. The number of benzene rings is 6. The number of hydrogen-bond acceptors (Lipinski definition) is 5. The summed E-state index contributed by atoms with van der Waals surface area (Å²) in [4.78, 5) is 3.58. The van der Waals surface area contributed by atoms with Crippen LogP contribution in [0.15, 0.2) is 109 Å². The van der Waals surface area contributed by atoms with Crippen molar-refractivity contribution < 1.29 is 23.7 Å². The summed E-state index contributed by atoms with van der Waals surface area (Å²) >= 11 is 0. The highest BCUT2D eigenvalue weighted by atomic mass is 16.5. The van der Waals surface area contributed by atoms with Crippen molar-refractivity contribution in [3.05, 3.63) is 148 Å². The first-order valence-corrected chi connectivity index (χ1v) is 16.8. The van der Waals surface area contributed by atoms with E-state index in [1.54, 1.807) is 28.4 Å². The van der Waals surface area contributed by atoms with E-state index in [4.69, 9.17) is 30.3 Å². The maximum atomic E-state index is 7.47. The molecule has 0 saturated heterocycles. The van der Waals surface area contributed by atoms with Crippen molar-refractivity contribution in [2.75, 3.05) is 28.4 Å². The number of hydrogen-bond donors (Lipinski definition) is 0. The summed E-state index contributed by atoms with van der Waals surface area (Å²) in [5.41, 5.74) is 9.18.